The molecule has 1 N–H and O–H groups in total. The Labute approximate surface area is 61.9 Å². The Balaban J connectivity index is 2.63. The zero-order chi connectivity index (χ0) is 7.56. The van der Waals surface area contributed by atoms with Crippen molar-refractivity contribution >= 4 is 5.71 Å². The summed E-state index contributed by atoms with van der Waals surface area (Å²) in [6, 6.07) is 0. The van der Waals surface area contributed by atoms with E-state index < -0.39 is 0 Å². The smallest absolute Gasteiger partial charge is 0.0626 e. The summed E-state index contributed by atoms with van der Waals surface area (Å²) in [4.78, 5) is 0. The van der Waals surface area contributed by atoms with Gasteiger partial charge in [0.25, 0.3) is 0 Å². The summed E-state index contributed by atoms with van der Waals surface area (Å²) in [6.07, 6.45) is 3.65. The van der Waals surface area contributed by atoms with Crippen LogP contribution >= 0.6 is 0 Å². The first-order valence-electron chi connectivity index (χ1n) is 3.97. The fourth-order valence-electron chi connectivity index (χ4n) is 1.71. The lowest BCUT2D eigenvalue weighted by molar-refractivity contribution is 0.304. The molecule has 2 heteroatoms. The summed E-state index contributed by atoms with van der Waals surface area (Å²) in [5.41, 5.74) is 0.992. The monoisotopic (exact) mass is 141 g/mol. The Morgan fingerprint density at radius 2 is 1.80 bits per heavy atom. The van der Waals surface area contributed by atoms with Crippen molar-refractivity contribution in [2.75, 3.05) is 0 Å². The van der Waals surface area contributed by atoms with Gasteiger partial charge in [0.1, 0.15) is 0 Å². The molecular formula is C8H15NO. The topological polar surface area (TPSA) is 32.6 Å². The van der Waals surface area contributed by atoms with E-state index in [1.807, 2.05) is 0 Å². The van der Waals surface area contributed by atoms with Gasteiger partial charge in [0, 0.05) is 0 Å². The SMILES string of the molecule is C[C@@H]1CCC[C@H](C)/C1=N\O. The van der Waals surface area contributed by atoms with E-state index in [-0.39, 0.29) is 0 Å². The fraction of sp³-hybridized carbons (Fsp3) is 0.875. The van der Waals surface area contributed by atoms with Gasteiger partial charge in [-0.25, -0.2) is 0 Å². The number of oxime groups is 1. The van der Waals surface area contributed by atoms with Crippen LogP contribution < -0.4 is 0 Å². The fourth-order valence-corrected chi connectivity index (χ4v) is 1.71. The minimum absolute atomic E-state index is 0.494. The molecule has 1 aliphatic rings. The van der Waals surface area contributed by atoms with Crippen molar-refractivity contribution in [3.63, 3.8) is 0 Å². The molecule has 0 aromatic heterocycles. The van der Waals surface area contributed by atoms with Crippen molar-refractivity contribution < 1.29 is 5.21 Å². The molecule has 0 spiro atoms. The summed E-state index contributed by atoms with van der Waals surface area (Å²) in [5, 5.41) is 11.9. The Hall–Kier alpha value is -0.530. The Morgan fingerprint density at radius 1 is 1.30 bits per heavy atom. The van der Waals surface area contributed by atoms with Crippen LogP contribution in [0.25, 0.3) is 0 Å². The van der Waals surface area contributed by atoms with Gasteiger partial charge in [-0.2, -0.15) is 0 Å². The van der Waals surface area contributed by atoms with Gasteiger partial charge in [0.15, 0.2) is 0 Å². The largest absolute Gasteiger partial charge is 0.411 e. The number of rotatable bonds is 0. The molecule has 2 nitrogen and oxygen atoms in total. The number of nitrogens with zero attached hydrogens (tertiary/aromatic N) is 1. The van der Waals surface area contributed by atoms with E-state index in [1.54, 1.807) is 0 Å². The van der Waals surface area contributed by atoms with E-state index in [4.69, 9.17) is 5.21 Å². The summed E-state index contributed by atoms with van der Waals surface area (Å²) in [7, 11) is 0. The summed E-state index contributed by atoms with van der Waals surface area (Å²) in [6.45, 7) is 4.26. The van der Waals surface area contributed by atoms with Crippen LogP contribution in [0, 0.1) is 11.8 Å². The normalized spacial score (nSPS) is 38.4. The third-order valence-electron chi connectivity index (χ3n) is 2.40. The zero-order valence-corrected chi connectivity index (χ0v) is 6.67. The van der Waals surface area contributed by atoms with Gasteiger partial charge in [-0.3, -0.25) is 0 Å². The Bertz CT molecular complexity index is 130. The van der Waals surface area contributed by atoms with Crippen molar-refractivity contribution in [1.82, 2.24) is 0 Å². The maximum Gasteiger partial charge on any atom is 0.0626 e. The highest BCUT2D eigenvalue weighted by atomic mass is 16.4. The van der Waals surface area contributed by atoms with Crippen LogP contribution in [-0.4, -0.2) is 10.9 Å². The van der Waals surface area contributed by atoms with Crippen molar-refractivity contribution in [3.8, 4) is 0 Å². The predicted octanol–water partition coefficient (Wildman–Crippen LogP) is 2.27. The molecule has 1 aliphatic carbocycles. The highest BCUT2D eigenvalue weighted by Crippen LogP contribution is 2.25. The van der Waals surface area contributed by atoms with Crippen LogP contribution in [0.5, 0.6) is 0 Å². The van der Waals surface area contributed by atoms with Crippen molar-refractivity contribution in [2.45, 2.75) is 33.1 Å². The van der Waals surface area contributed by atoms with Gasteiger partial charge in [-0.1, -0.05) is 25.4 Å². The highest BCUT2D eigenvalue weighted by Gasteiger charge is 2.22. The van der Waals surface area contributed by atoms with Gasteiger partial charge in [-0.15, -0.1) is 0 Å². The molecule has 0 saturated heterocycles. The lowest BCUT2D eigenvalue weighted by Crippen LogP contribution is -2.24. The Kier molecular flexibility index (Phi) is 2.30. The van der Waals surface area contributed by atoms with Crippen LogP contribution in [-0.2, 0) is 0 Å². The van der Waals surface area contributed by atoms with E-state index in [0.717, 1.165) is 5.71 Å². The van der Waals surface area contributed by atoms with Crippen molar-refractivity contribution in [2.24, 2.45) is 17.0 Å². The lowest BCUT2D eigenvalue weighted by atomic mass is 9.82. The molecule has 1 rings (SSSR count). The average Bonchev–Trinajstić information content (AvgIpc) is 1.88. The molecule has 2 atom stereocenters. The van der Waals surface area contributed by atoms with Crippen LogP contribution in [0.2, 0.25) is 0 Å². The minimum atomic E-state index is 0.494. The molecule has 10 heavy (non-hydrogen) atoms. The summed E-state index contributed by atoms with van der Waals surface area (Å²) < 4.78 is 0. The molecule has 58 valence electrons. The minimum Gasteiger partial charge on any atom is -0.411 e. The van der Waals surface area contributed by atoms with E-state index in [1.165, 1.54) is 19.3 Å². The van der Waals surface area contributed by atoms with E-state index in [0.29, 0.717) is 11.8 Å². The molecule has 1 saturated carbocycles. The molecule has 0 radical (unpaired) electrons. The van der Waals surface area contributed by atoms with Crippen LogP contribution in [0.15, 0.2) is 5.16 Å². The molecule has 0 aliphatic heterocycles. The first-order chi connectivity index (χ1) is 4.75. The Morgan fingerprint density at radius 3 is 2.10 bits per heavy atom. The zero-order valence-electron chi connectivity index (χ0n) is 6.67. The molecule has 0 heterocycles. The van der Waals surface area contributed by atoms with Crippen molar-refractivity contribution in [3.05, 3.63) is 0 Å². The van der Waals surface area contributed by atoms with E-state index >= 15 is 0 Å². The molecule has 0 unspecified atom stereocenters. The van der Waals surface area contributed by atoms with Gasteiger partial charge < -0.3 is 5.21 Å². The molecule has 0 bridgehead atoms. The lowest BCUT2D eigenvalue weighted by Gasteiger charge is -2.24. The first kappa shape index (κ1) is 7.58. The second-order valence-electron chi connectivity index (χ2n) is 3.26. The summed E-state index contributed by atoms with van der Waals surface area (Å²) in [5.74, 6) is 0.988. The van der Waals surface area contributed by atoms with E-state index in [2.05, 4.69) is 19.0 Å². The highest BCUT2D eigenvalue weighted by molar-refractivity contribution is 5.88. The van der Waals surface area contributed by atoms with E-state index in [9.17, 15) is 0 Å². The number of hydrogen-bond acceptors (Lipinski definition) is 2. The van der Waals surface area contributed by atoms with Crippen molar-refractivity contribution in [1.29, 1.82) is 0 Å². The van der Waals surface area contributed by atoms with Crippen LogP contribution in [0.3, 0.4) is 0 Å². The number of hydrogen-bond donors (Lipinski definition) is 1. The molecular weight excluding hydrogens is 126 g/mol. The molecule has 0 aromatic rings. The molecule has 1 fully saturated rings. The third-order valence-corrected chi connectivity index (χ3v) is 2.40. The standard InChI is InChI=1S/C8H15NO/c1-6-4-3-5-7(2)8(6)9-10/h6-7,10H,3-5H2,1-2H3/b9-8-/t6-,7+/m1/s1. The predicted molar refractivity (Wildman–Crippen MR) is 41.4 cm³/mol. The maximum atomic E-state index is 8.62. The third kappa shape index (κ3) is 1.31. The second kappa shape index (κ2) is 3.04. The molecule has 0 aromatic carbocycles. The summed E-state index contributed by atoms with van der Waals surface area (Å²) >= 11 is 0. The van der Waals surface area contributed by atoms with Gasteiger partial charge in [0.05, 0.1) is 5.71 Å². The maximum absolute atomic E-state index is 8.62. The van der Waals surface area contributed by atoms with Gasteiger partial charge >= 0.3 is 0 Å². The quantitative estimate of drug-likeness (QED) is 0.407. The average molecular weight is 141 g/mol. The van der Waals surface area contributed by atoms with Gasteiger partial charge in [-0.05, 0) is 24.7 Å². The van der Waals surface area contributed by atoms with Crippen LogP contribution in [0.1, 0.15) is 33.1 Å². The van der Waals surface area contributed by atoms with Gasteiger partial charge in [0.2, 0.25) is 0 Å². The first-order valence-corrected chi connectivity index (χ1v) is 3.97. The van der Waals surface area contributed by atoms with Crippen LogP contribution in [0.4, 0.5) is 0 Å². The second-order valence-corrected chi connectivity index (χ2v) is 3.26. The molecule has 0 amide bonds.